The van der Waals surface area contributed by atoms with E-state index < -0.39 is 0 Å². The first-order valence-corrected chi connectivity index (χ1v) is 11.0. The number of nitrogens with zero attached hydrogens (tertiary/aromatic N) is 2. The Labute approximate surface area is 178 Å². The second-order valence-corrected chi connectivity index (χ2v) is 8.68. The molecule has 0 bridgehead atoms. The van der Waals surface area contributed by atoms with Crippen molar-refractivity contribution in [2.45, 2.75) is 51.6 Å². The third-order valence-corrected chi connectivity index (χ3v) is 6.36. The Kier molecular flexibility index (Phi) is 6.12. The van der Waals surface area contributed by atoms with Crippen LogP contribution in [0.15, 0.2) is 36.4 Å². The Morgan fingerprint density at radius 3 is 2.83 bits per heavy atom. The highest BCUT2D eigenvalue weighted by Crippen LogP contribution is 2.34. The lowest BCUT2D eigenvalue weighted by molar-refractivity contribution is 0.157. The Balaban J connectivity index is 1.64. The first-order valence-electron chi connectivity index (χ1n) is 10.6. The van der Waals surface area contributed by atoms with E-state index in [1.165, 1.54) is 25.8 Å². The van der Waals surface area contributed by atoms with Crippen LogP contribution >= 0.6 is 11.6 Å². The Morgan fingerprint density at radius 2 is 2.03 bits per heavy atom. The molecule has 5 heteroatoms. The van der Waals surface area contributed by atoms with Crippen molar-refractivity contribution in [1.29, 1.82) is 0 Å². The Bertz CT molecular complexity index is 1010. The van der Waals surface area contributed by atoms with Gasteiger partial charge >= 0.3 is 0 Å². The van der Waals surface area contributed by atoms with Crippen molar-refractivity contribution in [2.75, 3.05) is 25.5 Å². The summed E-state index contributed by atoms with van der Waals surface area (Å²) in [5.41, 5.74) is 2.97. The SMILES string of the molecule is COc1ccc2nc3cc(Cl)ccc3c(NC(C)CCN3CCCCC3C)c2c1. The van der Waals surface area contributed by atoms with Gasteiger partial charge in [0.2, 0.25) is 0 Å². The molecule has 1 fully saturated rings. The van der Waals surface area contributed by atoms with Gasteiger partial charge in [0.05, 0.1) is 23.8 Å². The van der Waals surface area contributed by atoms with Gasteiger partial charge in [-0.05, 0) is 76.1 Å². The predicted molar refractivity (Wildman–Crippen MR) is 123 cm³/mol. The maximum Gasteiger partial charge on any atom is 0.119 e. The van der Waals surface area contributed by atoms with E-state index in [1.54, 1.807) is 7.11 Å². The lowest BCUT2D eigenvalue weighted by Gasteiger charge is -2.34. The molecule has 3 aromatic rings. The van der Waals surface area contributed by atoms with Crippen molar-refractivity contribution in [3.63, 3.8) is 0 Å². The summed E-state index contributed by atoms with van der Waals surface area (Å²) in [7, 11) is 1.70. The van der Waals surface area contributed by atoms with Gasteiger partial charge in [0.25, 0.3) is 0 Å². The van der Waals surface area contributed by atoms with Crippen LogP contribution in [0.4, 0.5) is 5.69 Å². The average molecular weight is 412 g/mol. The second kappa shape index (κ2) is 8.76. The summed E-state index contributed by atoms with van der Waals surface area (Å²) in [4.78, 5) is 7.46. The van der Waals surface area contributed by atoms with Crippen LogP contribution in [0.1, 0.15) is 39.5 Å². The van der Waals surface area contributed by atoms with E-state index in [1.807, 2.05) is 24.3 Å². The number of halogens is 1. The van der Waals surface area contributed by atoms with E-state index in [2.05, 4.69) is 36.2 Å². The standard InChI is InChI=1S/C24H30ClN3O/c1-16(11-13-28-12-5-4-6-17(28)2)26-24-20-9-7-18(25)14-23(20)27-22-10-8-19(29-3)15-21(22)24/h7-10,14-17H,4-6,11-13H2,1-3H3,(H,26,27). The van der Waals surface area contributed by atoms with Crippen LogP contribution in [-0.4, -0.2) is 42.2 Å². The number of benzene rings is 2. The summed E-state index contributed by atoms with van der Waals surface area (Å²) < 4.78 is 5.47. The van der Waals surface area contributed by atoms with Crippen LogP contribution in [0.3, 0.4) is 0 Å². The molecule has 29 heavy (non-hydrogen) atoms. The summed E-state index contributed by atoms with van der Waals surface area (Å²) in [5.74, 6) is 0.838. The second-order valence-electron chi connectivity index (χ2n) is 8.25. The number of methoxy groups -OCH3 is 1. The van der Waals surface area contributed by atoms with Crippen LogP contribution in [0.25, 0.3) is 21.8 Å². The minimum absolute atomic E-state index is 0.347. The molecule has 1 aliphatic heterocycles. The highest BCUT2D eigenvalue weighted by molar-refractivity contribution is 6.31. The van der Waals surface area contributed by atoms with Gasteiger partial charge in [-0.1, -0.05) is 18.0 Å². The van der Waals surface area contributed by atoms with Gasteiger partial charge in [0.1, 0.15) is 5.75 Å². The zero-order chi connectivity index (χ0) is 20.4. The molecule has 1 aromatic heterocycles. The van der Waals surface area contributed by atoms with Gasteiger partial charge in [0.15, 0.2) is 0 Å². The first-order chi connectivity index (χ1) is 14.0. The molecular formula is C24H30ClN3O. The zero-order valence-electron chi connectivity index (χ0n) is 17.5. The van der Waals surface area contributed by atoms with Gasteiger partial charge in [-0.3, -0.25) is 0 Å². The van der Waals surface area contributed by atoms with Gasteiger partial charge in [-0.15, -0.1) is 0 Å². The molecule has 1 N–H and O–H groups in total. The number of hydrogen-bond donors (Lipinski definition) is 1. The highest BCUT2D eigenvalue weighted by atomic mass is 35.5. The third-order valence-electron chi connectivity index (χ3n) is 6.12. The fourth-order valence-electron chi connectivity index (χ4n) is 4.35. The van der Waals surface area contributed by atoms with Gasteiger partial charge in [-0.25, -0.2) is 4.98 Å². The molecule has 2 unspecified atom stereocenters. The fourth-order valence-corrected chi connectivity index (χ4v) is 4.51. The van der Waals surface area contributed by atoms with Crippen molar-refractivity contribution in [3.05, 3.63) is 41.4 Å². The van der Waals surface area contributed by atoms with Crippen LogP contribution in [0, 0.1) is 0 Å². The number of pyridine rings is 1. The lowest BCUT2D eigenvalue weighted by Crippen LogP contribution is -2.39. The van der Waals surface area contributed by atoms with E-state index in [-0.39, 0.29) is 0 Å². The zero-order valence-corrected chi connectivity index (χ0v) is 18.3. The molecule has 2 atom stereocenters. The van der Waals surface area contributed by atoms with Gasteiger partial charge < -0.3 is 15.0 Å². The predicted octanol–water partition coefficient (Wildman–Crippen LogP) is 6.11. The lowest BCUT2D eigenvalue weighted by atomic mass is 10.0. The van der Waals surface area contributed by atoms with E-state index in [0.717, 1.165) is 46.2 Å². The van der Waals surface area contributed by atoms with E-state index in [9.17, 15) is 0 Å². The molecule has 4 rings (SSSR count). The van der Waals surface area contributed by atoms with Crippen LogP contribution in [0.2, 0.25) is 5.02 Å². The topological polar surface area (TPSA) is 37.4 Å². The number of aromatic nitrogens is 1. The summed E-state index contributed by atoms with van der Waals surface area (Å²) in [6.45, 7) is 6.98. The van der Waals surface area contributed by atoms with Crippen LogP contribution in [0.5, 0.6) is 5.75 Å². The number of anilines is 1. The molecule has 4 nitrogen and oxygen atoms in total. The molecule has 2 aromatic carbocycles. The Hall–Kier alpha value is -2.04. The van der Waals surface area contributed by atoms with Crippen molar-refractivity contribution >= 4 is 39.1 Å². The average Bonchev–Trinajstić information content (AvgIpc) is 2.72. The number of nitrogens with one attached hydrogen (secondary N) is 1. The normalized spacial score (nSPS) is 18.8. The van der Waals surface area contributed by atoms with Crippen molar-refractivity contribution in [3.8, 4) is 5.75 Å². The third kappa shape index (κ3) is 4.44. The molecule has 0 radical (unpaired) electrons. The van der Waals surface area contributed by atoms with Gasteiger partial charge in [-0.2, -0.15) is 0 Å². The molecule has 0 saturated carbocycles. The molecule has 2 heterocycles. The van der Waals surface area contributed by atoms with Crippen LogP contribution in [-0.2, 0) is 0 Å². The minimum Gasteiger partial charge on any atom is -0.497 e. The van der Waals surface area contributed by atoms with E-state index in [0.29, 0.717) is 17.1 Å². The fraction of sp³-hybridized carbons (Fsp3) is 0.458. The number of likely N-dealkylation sites (tertiary alicyclic amines) is 1. The summed E-state index contributed by atoms with van der Waals surface area (Å²) >= 11 is 6.24. The molecule has 0 aliphatic carbocycles. The summed E-state index contributed by atoms with van der Waals surface area (Å²) in [6.07, 6.45) is 5.12. The number of hydrogen-bond acceptors (Lipinski definition) is 4. The largest absolute Gasteiger partial charge is 0.497 e. The summed E-state index contributed by atoms with van der Waals surface area (Å²) in [6, 6.07) is 13.0. The molecule has 1 aliphatic rings. The minimum atomic E-state index is 0.347. The van der Waals surface area contributed by atoms with Crippen molar-refractivity contribution < 1.29 is 4.74 Å². The smallest absolute Gasteiger partial charge is 0.119 e. The number of piperidine rings is 1. The van der Waals surface area contributed by atoms with Crippen LogP contribution < -0.4 is 10.1 Å². The highest BCUT2D eigenvalue weighted by Gasteiger charge is 2.19. The van der Waals surface area contributed by atoms with Crippen molar-refractivity contribution in [2.24, 2.45) is 0 Å². The molecule has 154 valence electrons. The molecule has 1 saturated heterocycles. The van der Waals surface area contributed by atoms with Crippen molar-refractivity contribution in [1.82, 2.24) is 9.88 Å². The number of rotatable bonds is 6. The molecule has 0 amide bonds. The maximum absolute atomic E-state index is 6.24. The molecular weight excluding hydrogens is 382 g/mol. The number of fused-ring (bicyclic) bond motifs is 2. The first kappa shape index (κ1) is 20.2. The Morgan fingerprint density at radius 1 is 1.17 bits per heavy atom. The monoisotopic (exact) mass is 411 g/mol. The quantitative estimate of drug-likeness (QED) is 0.496. The van der Waals surface area contributed by atoms with Gasteiger partial charge in [0, 0.05) is 34.4 Å². The number of ether oxygens (including phenoxy) is 1. The summed E-state index contributed by atoms with van der Waals surface area (Å²) in [5, 5.41) is 6.66. The van der Waals surface area contributed by atoms with E-state index in [4.69, 9.17) is 21.3 Å². The molecule has 0 spiro atoms. The van der Waals surface area contributed by atoms with E-state index >= 15 is 0 Å². The maximum atomic E-state index is 6.24.